The molecule has 0 amide bonds. The van der Waals surface area contributed by atoms with E-state index < -0.39 is 4.92 Å². The SMILES string of the molecule is O=[N+]([O-])c1cccc(-n2cc(-c3ccc(Br)cc3)nn2)c1. The first-order valence-corrected chi connectivity index (χ1v) is 6.86. The third-order valence-electron chi connectivity index (χ3n) is 2.94. The number of aromatic nitrogens is 3. The van der Waals surface area contributed by atoms with Gasteiger partial charge in [-0.25, -0.2) is 4.68 Å². The summed E-state index contributed by atoms with van der Waals surface area (Å²) >= 11 is 3.38. The Bertz CT molecular complexity index is 799. The van der Waals surface area contributed by atoms with E-state index in [1.807, 2.05) is 24.3 Å². The van der Waals surface area contributed by atoms with E-state index in [0.29, 0.717) is 11.4 Å². The number of nitro groups is 1. The maximum absolute atomic E-state index is 10.8. The van der Waals surface area contributed by atoms with E-state index in [1.165, 1.54) is 16.8 Å². The summed E-state index contributed by atoms with van der Waals surface area (Å²) in [5, 5.41) is 18.9. The van der Waals surface area contributed by atoms with Gasteiger partial charge in [0.25, 0.3) is 5.69 Å². The van der Waals surface area contributed by atoms with Crippen LogP contribution in [0.4, 0.5) is 5.69 Å². The van der Waals surface area contributed by atoms with Gasteiger partial charge in [0.1, 0.15) is 5.69 Å². The Labute approximate surface area is 128 Å². The highest BCUT2D eigenvalue weighted by molar-refractivity contribution is 9.10. The van der Waals surface area contributed by atoms with Crippen molar-refractivity contribution in [3.8, 4) is 16.9 Å². The minimum absolute atomic E-state index is 0.0215. The monoisotopic (exact) mass is 344 g/mol. The van der Waals surface area contributed by atoms with E-state index in [0.717, 1.165) is 10.0 Å². The summed E-state index contributed by atoms with van der Waals surface area (Å²) in [6.45, 7) is 0. The van der Waals surface area contributed by atoms with Crippen LogP contribution in [0, 0.1) is 10.1 Å². The molecule has 0 fully saturated rings. The van der Waals surface area contributed by atoms with Crippen LogP contribution in [0.25, 0.3) is 16.9 Å². The highest BCUT2D eigenvalue weighted by atomic mass is 79.9. The van der Waals surface area contributed by atoms with Crippen LogP contribution < -0.4 is 0 Å². The van der Waals surface area contributed by atoms with Crippen molar-refractivity contribution in [2.45, 2.75) is 0 Å². The predicted octanol–water partition coefficient (Wildman–Crippen LogP) is 3.61. The fraction of sp³-hybridized carbons (Fsp3) is 0. The molecule has 0 atom stereocenters. The third kappa shape index (κ3) is 2.82. The molecular formula is C14H9BrN4O2. The number of hydrogen-bond acceptors (Lipinski definition) is 4. The van der Waals surface area contributed by atoms with Gasteiger partial charge in [0.05, 0.1) is 16.8 Å². The first kappa shape index (κ1) is 13.4. The molecule has 21 heavy (non-hydrogen) atoms. The number of benzene rings is 2. The lowest BCUT2D eigenvalue weighted by Crippen LogP contribution is -1.96. The largest absolute Gasteiger partial charge is 0.271 e. The van der Waals surface area contributed by atoms with E-state index in [1.54, 1.807) is 18.3 Å². The van der Waals surface area contributed by atoms with Crippen LogP contribution in [0.15, 0.2) is 59.2 Å². The van der Waals surface area contributed by atoms with E-state index in [2.05, 4.69) is 26.2 Å². The number of hydrogen-bond donors (Lipinski definition) is 0. The summed E-state index contributed by atoms with van der Waals surface area (Å²) in [6, 6.07) is 13.9. The Kier molecular flexibility index (Phi) is 3.49. The van der Waals surface area contributed by atoms with Crippen LogP contribution in [0.2, 0.25) is 0 Å². The zero-order valence-electron chi connectivity index (χ0n) is 10.7. The average molecular weight is 345 g/mol. The highest BCUT2D eigenvalue weighted by Gasteiger charge is 2.09. The fourth-order valence-electron chi connectivity index (χ4n) is 1.89. The molecule has 0 saturated heterocycles. The highest BCUT2D eigenvalue weighted by Crippen LogP contribution is 2.21. The van der Waals surface area contributed by atoms with Gasteiger partial charge in [-0.05, 0) is 18.2 Å². The van der Waals surface area contributed by atoms with Crippen molar-refractivity contribution in [2.24, 2.45) is 0 Å². The van der Waals surface area contributed by atoms with Gasteiger partial charge >= 0.3 is 0 Å². The van der Waals surface area contributed by atoms with Gasteiger partial charge in [0, 0.05) is 22.2 Å². The van der Waals surface area contributed by atoms with Gasteiger partial charge in [0.2, 0.25) is 0 Å². The molecule has 6 nitrogen and oxygen atoms in total. The lowest BCUT2D eigenvalue weighted by molar-refractivity contribution is -0.384. The maximum atomic E-state index is 10.8. The third-order valence-corrected chi connectivity index (χ3v) is 3.47. The zero-order valence-corrected chi connectivity index (χ0v) is 12.3. The second-order valence-electron chi connectivity index (χ2n) is 4.33. The van der Waals surface area contributed by atoms with Crippen LogP contribution in [0.5, 0.6) is 0 Å². The molecular weight excluding hydrogens is 336 g/mol. The number of nitro benzene ring substituents is 1. The van der Waals surface area contributed by atoms with Crippen molar-refractivity contribution in [2.75, 3.05) is 0 Å². The van der Waals surface area contributed by atoms with Gasteiger partial charge in [-0.3, -0.25) is 10.1 Å². The molecule has 0 radical (unpaired) electrons. The van der Waals surface area contributed by atoms with Crippen LogP contribution in [0.1, 0.15) is 0 Å². The lowest BCUT2D eigenvalue weighted by atomic mass is 10.2. The Morgan fingerprint density at radius 3 is 2.62 bits per heavy atom. The number of non-ortho nitro benzene ring substituents is 1. The molecule has 3 aromatic rings. The van der Waals surface area contributed by atoms with E-state index in [9.17, 15) is 10.1 Å². The molecule has 0 aliphatic heterocycles. The molecule has 0 saturated carbocycles. The van der Waals surface area contributed by atoms with E-state index in [-0.39, 0.29) is 5.69 Å². The lowest BCUT2D eigenvalue weighted by Gasteiger charge is -1.99. The predicted molar refractivity (Wildman–Crippen MR) is 81.1 cm³/mol. The molecule has 1 heterocycles. The number of nitrogens with zero attached hydrogens (tertiary/aromatic N) is 4. The Hall–Kier alpha value is -2.54. The van der Waals surface area contributed by atoms with Crippen molar-refractivity contribution in [1.29, 1.82) is 0 Å². The molecule has 104 valence electrons. The summed E-state index contributed by atoms with van der Waals surface area (Å²) in [4.78, 5) is 10.4. The zero-order chi connectivity index (χ0) is 14.8. The number of rotatable bonds is 3. The molecule has 0 bridgehead atoms. The van der Waals surface area contributed by atoms with Gasteiger partial charge in [-0.2, -0.15) is 0 Å². The Morgan fingerprint density at radius 2 is 1.90 bits per heavy atom. The van der Waals surface area contributed by atoms with E-state index >= 15 is 0 Å². The molecule has 0 N–H and O–H groups in total. The molecule has 0 spiro atoms. The van der Waals surface area contributed by atoms with Gasteiger partial charge in [0.15, 0.2) is 0 Å². The first-order chi connectivity index (χ1) is 10.1. The topological polar surface area (TPSA) is 73.8 Å². The maximum Gasteiger partial charge on any atom is 0.271 e. The number of halogens is 1. The summed E-state index contributed by atoms with van der Waals surface area (Å²) in [6.07, 6.45) is 1.74. The summed E-state index contributed by atoms with van der Waals surface area (Å²) in [7, 11) is 0. The van der Waals surface area contributed by atoms with E-state index in [4.69, 9.17) is 0 Å². The Balaban J connectivity index is 1.96. The summed E-state index contributed by atoms with van der Waals surface area (Å²) < 4.78 is 2.50. The van der Waals surface area contributed by atoms with Gasteiger partial charge in [-0.1, -0.05) is 39.3 Å². The average Bonchev–Trinajstić information content (AvgIpc) is 2.98. The van der Waals surface area contributed by atoms with Crippen molar-refractivity contribution >= 4 is 21.6 Å². The van der Waals surface area contributed by atoms with Gasteiger partial charge in [-0.15, -0.1) is 5.10 Å². The molecule has 7 heteroatoms. The van der Waals surface area contributed by atoms with Crippen molar-refractivity contribution < 1.29 is 4.92 Å². The second kappa shape index (κ2) is 5.45. The minimum Gasteiger partial charge on any atom is -0.258 e. The molecule has 1 aromatic heterocycles. The molecule has 0 unspecified atom stereocenters. The fourth-order valence-corrected chi connectivity index (χ4v) is 2.16. The first-order valence-electron chi connectivity index (χ1n) is 6.06. The molecule has 2 aromatic carbocycles. The van der Waals surface area contributed by atoms with Crippen LogP contribution in [-0.2, 0) is 0 Å². The van der Waals surface area contributed by atoms with Crippen molar-refractivity contribution in [1.82, 2.24) is 15.0 Å². The molecule has 3 rings (SSSR count). The normalized spacial score (nSPS) is 10.5. The van der Waals surface area contributed by atoms with Crippen molar-refractivity contribution in [3.05, 3.63) is 69.3 Å². The summed E-state index contributed by atoms with van der Waals surface area (Å²) in [5.74, 6) is 0. The van der Waals surface area contributed by atoms with Crippen LogP contribution >= 0.6 is 15.9 Å². The quantitative estimate of drug-likeness (QED) is 0.537. The van der Waals surface area contributed by atoms with Crippen LogP contribution in [-0.4, -0.2) is 19.9 Å². The minimum atomic E-state index is -0.434. The van der Waals surface area contributed by atoms with Gasteiger partial charge < -0.3 is 0 Å². The Morgan fingerprint density at radius 1 is 1.14 bits per heavy atom. The molecule has 0 aliphatic carbocycles. The smallest absolute Gasteiger partial charge is 0.258 e. The molecule has 0 aliphatic rings. The standard InChI is InChI=1S/C14H9BrN4O2/c15-11-6-4-10(5-7-11)14-9-18(17-16-14)12-2-1-3-13(8-12)19(20)21/h1-9H. The van der Waals surface area contributed by atoms with Crippen LogP contribution in [0.3, 0.4) is 0 Å². The second-order valence-corrected chi connectivity index (χ2v) is 5.25. The van der Waals surface area contributed by atoms with Crippen molar-refractivity contribution in [3.63, 3.8) is 0 Å². The summed E-state index contributed by atoms with van der Waals surface area (Å²) in [5.41, 5.74) is 2.25.